The second-order valence-corrected chi connectivity index (χ2v) is 7.43. The van der Waals surface area contributed by atoms with Gasteiger partial charge in [0.1, 0.15) is 11.3 Å². The highest BCUT2D eigenvalue weighted by Gasteiger charge is 2.22. The summed E-state index contributed by atoms with van der Waals surface area (Å²) in [4.78, 5) is 21.0. The summed E-state index contributed by atoms with van der Waals surface area (Å²) in [7, 11) is 1.63. The molecule has 2 amide bonds. The zero-order chi connectivity index (χ0) is 20.2. The van der Waals surface area contributed by atoms with E-state index in [-0.39, 0.29) is 6.03 Å². The van der Waals surface area contributed by atoms with Crippen molar-refractivity contribution in [1.29, 1.82) is 0 Å². The molecular formula is C21H23ClN4O3. The standard InChI is InChI=1S/C21H23ClN4O3/c1-28-17-4-2-3-15(11-17)13-23-21(27)26-9-7-25(8-10-26)14-20-24-18-6-5-16(22)12-19(18)29-20/h2-6,11-12H,7-10,13-14H2,1H3,(H,23,27). The number of ether oxygens (including phenoxy) is 1. The maximum atomic E-state index is 12.5. The molecule has 0 unspecified atom stereocenters. The van der Waals surface area contributed by atoms with E-state index in [1.807, 2.05) is 35.2 Å². The Morgan fingerprint density at radius 2 is 2.03 bits per heavy atom. The lowest BCUT2D eigenvalue weighted by atomic mass is 10.2. The van der Waals surface area contributed by atoms with Gasteiger partial charge in [-0.2, -0.15) is 0 Å². The van der Waals surface area contributed by atoms with Crippen molar-refractivity contribution < 1.29 is 13.9 Å². The number of hydrogen-bond acceptors (Lipinski definition) is 5. The van der Waals surface area contributed by atoms with E-state index in [0.29, 0.717) is 42.7 Å². The Labute approximate surface area is 174 Å². The molecule has 0 saturated carbocycles. The van der Waals surface area contributed by atoms with E-state index in [4.69, 9.17) is 20.8 Å². The molecule has 0 bridgehead atoms. The molecule has 29 heavy (non-hydrogen) atoms. The summed E-state index contributed by atoms with van der Waals surface area (Å²) < 4.78 is 11.0. The average Bonchev–Trinajstić information content (AvgIpc) is 3.14. The molecule has 3 aromatic rings. The van der Waals surface area contributed by atoms with Crippen LogP contribution in [-0.4, -0.2) is 54.1 Å². The average molecular weight is 415 g/mol. The fourth-order valence-corrected chi connectivity index (χ4v) is 3.55. The van der Waals surface area contributed by atoms with Crippen LogP contribution >= 0.6 is 11.6 Å². The van der Waals surface area contributed by atoms with E-state index in [9.17, 15) is 4.79 Å². The summed E-state index contributed by atoms with van der Waals surface area (Å²) in [5.74, 6) is 1.45. The van der Waals surface area contributed by atoms with Gasteiger partial charge in [-0.1, -0.05) is 23.7 Å². The van der Waals surface area contributed by atoms with Crippen LogP contribution < -0.4 is 10.1 Å². The van der Waals surface area contributed by atoms with Gasteiger partial charge in [-0.15, -0.1) is 0 Å². The van der Waals surface area contributed by atoms with Crippen LogP contribution in [0.3, 0.4) is 0 Å². The first kappa shape index (κ1) is 19.5. The van der Waals surface area contributed by atoms with Crippen LogP contribution in [0.25, 0.3) is 11.1 Å². The molecule has 0 atom stereocenters. The molecule has 1 aliphatic heterocycles. The SMILES string of the molecule is COc1cccc(CNC(=O)N2CCN(Cc3nc4ccc(Cl)cc4o3)CC2)c1. The van der Waals surface area contributed by atoms with Gasteiger partial charge < -0.3 is 19.4 Å². The topological polar surface area (TPSA) is 70.8 Å². The van der Waals surface area contributed by atoms with Crippen LogP contribution in [0.15, 0.2) is 46.9 Å². The number of aromatic nitrogens is 1. The third-order valence-corrected chi connectivity index (χ3v) is 5.23. The zero-order valence-corrected chi connectivity index (χ0v) is 17.0. The van der Waals surface area contributed by atoms with Crippen LogP contribution in [0.5, 0.6) is 5.75 Å². The number of nitrogens with zero attached hydrogens (tertiary/aromatic N) is 3. The number of carbonyl (C=O) groups excluding carboxylic acids is 1. The van der Waals surface area contributed by atoms with Gasteiger partial charge in [0.15, 0.2) is 5.58 Å². The minimum atomic E-state index is -0.0519. The molecule has 0 radical (unpaired) electrons. The highest BCUT2D eigenvalue weighted by Crippen LogP contribution is 2.21. The lowest BCUT2D eigenvalue weighted by Crippen LogP contribution is -2.51. The number of rotatable bonds is 5. The second-order valence-electron chi connectivity index (χ2n) is 6.99. The number of piperazine rings is 1. The molecule has 7 nitrogen and oxygen atoms in total. The van der Waals surface area contributed by atoms with Gasteiger partial charge in [0, 0.05) is 43.8 Å². The Bertz CT molecular complexity index is 999. The Balaban J connectivity index is 1.26. The summed E-state index contributed by atoms with van der Waals surface area (Å²) in [6.45, 7) is 3.96. The van der Waals surface area contributed by atoms with Gasteiger partial charge in [-0.3, -0.25) is 4.90 Å². The number of oxazole rings is 1. The van der Waals surface area contributed by atoms with Crippen molar-refractivity contribution in [2.24, 2.45) is 0 Å². The number of methoxy groups -OCH3 is 1. The normalized spacial score (nSPS) is 14.9. The van der Waals surface area contributed by atoms with E-state index in [0.717, 1.165) is 29.9 Å². The maximum Gasteiger partial charge on any atom is 0.317 e. The number of amides is 2. The van der Waals surface area contributed by atoms with Gasteiger partial charge in [0.2, 0.25) is 5.89 Å². The first-order valence-corrected chi connectivity index (χ1v) is 9.91. The summed E-state index contributed by atoms with van der Waals surface area (Å²) in [6, 6.07) is 13.1. The van der Waals surface area contributed by atoms with Gasteiger partial charge in [-0.25, -0.2) is 9.78 Å². The molecule has 1 aromatic heterocycles. The third-order valence-electron chi connectivity index (χ3n) is 4.99. The van der Waals surface area contributed by atoms with Crippen LogP contribution in [0.2, 0.25) is 5.02 Å². The highest BCUT2D eigenvalue weighted by atomic mass is 35.5. The van der Waals surface area contributed by atoms with Crippen molar-refractivity contribution in [3.8, 4) is 5.75 Å². The smallest absolute Gasteiger partial charge is 0.317 e. The van der Waals surface area contributed by atoms with Gasteiger partial charge in [-0.05, 0) is 29.8 Å². The number of carbonyl (C=O) groups is 1. The predicted molar refractivity (Wildman–Crippen MR) is 111 cm³/mol. The van der Waals surface area contributed by atoms with Crippen molar-refractivity contribution in [3.63, 3.8) is 0 Å². The lowest BCUT2D eigenvalue weighted by molar-refractivity contribution is 0.129. The molecule has 0 spiro atoms. The van der Waals surface area contributed by atoms with Crippen LogP contribution in [0.4, 0.5) is 4.79 Å². The van der Waals surface area contributed by atoms with Gasteiger partial charge >= 0.3 is 6.03 Å². The molecule has 4 rings (SSSR count). The molecule has 2 heterocycles. The van der Waals surface area contributed by atoms with E-state index in [1.165, 1.54) is 0 Å². The summed E-state index contributed by atoms with van der Waals surface area (Å²) in [5, 5.41) is 3.61. The predicted octanol–water partition coefficient (Wildman–Crippen LogP) is 3.52. The molecule has 0 aliphatic carbocycles. The van der Waals surface area contributed by atoms with Crippen LogP contribution in [-0.2, 0) is 13.1 Å². The monoisotopic (exact) mass is 414 g/mol. The minimum absolute atomic E-state index is 0.0519. The maximum absolute atomic E-state index is 12.5. The molecule has 1 saturated heterocycles. The van der Waals surface area contributed by atoms with Crippen molar-refractivity contribution in [2.45, 2.75) is 13.1 Å². The van der Waals surface area contributed by atoms with Gasteiger partial charge in [0.05, 0.1) is 13.7 Å². The molecule has 8 heteroatoms. The van der Waals surface area contributed by atoms with Crippen molar-refractivity contribution in [1.82, 2.24) is 20.1 Å². The molecule has 1 N–H and O–H groups in total. The first-order chi connectivity index (χ1) is 14.1. The third kappa shape index (κ3) is 4.81. The minimum Gasteiger partial charge on any atom is -0.497 e. The summed E-state index contributed by atoms with van der Waals surface area (Å²) in [5.41, 5.74) is 2.51. The van der Waals surface area contributed by atoms with Crippen molar-refractivity contribution in [3.05, 3.63) is 58.9 Å². The Hall–Kier alpha value is -2.77. The second kappa shape index (κ2) is 8.71. The molecular weight excluding hydrogens is 392 g/mol. The number of nitrogens with one attached hydrogen (secondary N) is 1. The molecule has 1 aliphatic rings. The fraction of sp³-hybridized carbons (Fsp3) is 0.333. The largest absolute Gasteiger partial charge is 0.497 e. The van der Waals surface area contributed by atoms with Crippen molar-refractivity contribution in [2.75, 3.05) is 33.3 Å². The number of hydrogen-bond donors (Lipinski definition) is 1. The van der Waals surface area contributed by atoms with Crippen LogP contribution in [0, 0.1) is 0 Å². The quantitative estimate of drug-likeness (QED) is 0.691. The molecule has 152 valence electrons. The number of halogens is 1. The van der Waals surface area contributed by atoms with E-state index >= 15 is 0 Å². The highest BCUT2D eigenvalue weighted by molar-refractivity contribution is 6.31. The zero-order valence-electron chi connectivity index (χ0n) is 16.2. The molecule has 1 fully saturated rings. The molecule has 2 aromatic carbocycles. The Morgan fingerprint density at radius 1 is 1.21 bits per heavy atom. The van der Waals surface area contributed by atoms with Gasteiger partial charge in [0.25, 0.3) is 0 Å². The number of benzene rings is 2. The lowest BCUT2D eigenvalue weighted by Gasteiger charge is -2.34. The van der Waals surface area contributed by atoms with E-state index in [2.05, 4.69) is 15.2 Å². The summed E-state index contributed by atoms with van der Waals surface area (Å²) >= 11 is 6.00. The Kier molecular flexibility index (Phi) is 5.87. The Morgan fingerprint density at radius 3 is 2.83 bits per heavy atom. The first-order valence-electron chi connectivity index (χ1n) is 9.54. The summed E-state index contributed by atoms with van der Waals surface area (Å²) in [6.07, 6.45) is 0. The fourth-order valence-electron chi connectivity index (χ4n) is 3.39. The number of fused-ring (bicyclic) bond motifs is 1. The number of urea groups is 1. The van der Waals surface area contributed by atoms with E-state index < -0.39 is 0 Å². The van der Waals surface area contributed by atoms with Crippen LogP contribution in [0.1, 0.15) is 11.5 Å². The van der Waals surface area contributed by atoms with Crippen molar-refractivity contribution >= 4 is 28.7 Å². The van der Waals surface area contributed by atoms with E-state index in [1.54, 1.807) is 19.2 Å².